The molecule has 11 heteroatoms. The van der Waals surface area contributed by atoms with E-state index < -0.39 is 45.2 Å². The van der Waals surface area contributed by atoms with E-state index in [1.165, 1.54) is 11.0 Å². The normalized spacial score (nSPS) is 29.5. The molecular formula is C37H28BrCl2N3O5. The first-order valence-electron chi connectivity index (χ1n) is 15.6. The van der Waals surface area contributed by atoms with Crippen LogP contribution in [0.5, 0.6) is 5.75 Å². The molecule has 0 radical (unpaired) electrons. The Balaban J connectivity index is 1.22. The lowest BCUT2D eigenvalue weighted by Gasteiger charge is -2.51. The summed E-state index contributed by atoms with van der Waals surface area (Å²) in [5, 5.41) is 15.2. The zero-order valence-corrected chi connectivity index (χ0v) is 28.4. The third-order valence-electron chi connectivity index (χ3n) is 10.4. The zero-order chi connectivity index (χ0) is 33.5. The predicted octanol–water partition coefficient (Wildman–Crippen LogP) is 7.20. The number of hydrogen-bond donors (Lipinski definition) is 2. The van der Waals surface area contributed by atoms with Crippen molar-refractivity contribution < 1.29 is 24.3 Å². The van der Waals surface area contributed by atoms with Gasteiger partial charge in [-0.1, -0.05) is 76.1 Å². The highest BCUT2D eigenvalue weighted by molar-refractivity contribution is 9.09. The number of likely N-dealkylation sites (tertiary alicyclic amines) is 1. The van der Waals surface area contributed by atoms with Gasteiger partial charge in [-0.3, -0.25) is 29.0 Å². The average molecular weight is 745 g/mol. The Hall–Kier alpha value is -4.18. The molecule has 2 aliphatic carbocycles. The fourth-order valence-electron chi connectivity index (χ4n) is 8.29. The predicted molar refractivity (Wildman–Crippen MR) is 188 cm³/mol. The first-order chi connectivity index (χ1) is 23.1. The standard InChI is InChI=1S/C37H28BrCl2N3O5/c38-19-42-34(47)36(39)18-28-26(31(37(36,40)35(42)48)25-16-17-29(44)24-9-5-4-8-23(24)25)14-15-27-30(28)33(46)43(32(27)45)22-12-10-21(11-13-22)41-20-6-2-1-3-7-20/h1-14,16-17,27-28,30-31,41,44H,15,18-19H2/t27-,28+,30-,31-,36+,37-/m0/s1. The molecule has 6 atom stereocenters. The lowest BCUT2D eigenvalue weighted by molar-refractivity contribution is -0.138. The lowest BCUT2D eigenvalue weighted by atomic mass is 9.56. The number of allylic oxidation sites excluding steroid dienone is 2. The molecule has 0 bridgehead atoms. The number of phenols is 1. The number of benzene rings is 4. The van der Waals surface area contributed by atoms with Crippen molar-refractivity contribution in [2.75, 3.05) is 15.7 Å². The van der Waals surface area contributed by atoms with E-state index in [2.05, 4.69) is 21.2 Å². The molecule has 242 valence electrons. The van der Waals surface area contributed by atoms with Crippen molar-refractivity contribution in [2.45, 2.75) is 28.5 Å². The van der Waals surface area contributed by atoms with E-state index in [9.17, 15) is 24.3 Å². The summed E-state index contributed by atoms with van der Waals surface area (Å²) in [5.41, 5.74) is 3.34. The molecule has 48 heavy (non-hydrogen) atoms. The number of halogens is 3. The second kappa shape index (κ2) is 11.2. The molecular weight excluding hydrogens is 717 g/mol. The molecule has 4 aliphatic rings. The highest BCUT2D eigenvalue weighted by Crippen LogP contribution is 2.66. The lowest BCUT2D eigenvalue weighted by Crippen LogP contribution is -2.60. The van der Waals surface area contributed by atoms with Crippen molar-refractivity contribution in [1.29, 1.82) is 0 Å². The number of nitrogens with one attached hydrogen (secondary N) is 1. The molecule has 8 rings (SSSR count). The molecule has 8 nitrogen and oxygen atoms in total. The van der Waals surface area contributed by atoms with Crippen LogP contribution in [0.15, 0.2) is 103 Å². The number of alkyl halides is 3. The maximum atomic E-state index is 14.4. The van der Waals surface area contributed by atoms with Crippen LogP contribution in [0.25, 0.3) is 10.8 Å². The number of carbonyl (C=O) groups is 4. The molecule has 2 aliphatic heterocycles. The highest BCUT2D eigenvalue weighted by Gasteiger charge is 2.76. The maximum absolute atomic E-state index is 14.4. The van der Waals surface area contributed by atoms with Crippen molar-refractivity contribution in [1.82, 2.24) is 4.90 Å². The van der Waals surface area contributed by atoms with Gasteiger partial charge in [0.05, 0.1) is 23.0 Å². The van der Waals surface area contributed by atoms with E-state index in [1.54, 1.807) is 30.3 Å². The van der Waals surface area contributed by atoms with Crippen LogP contribution in [0.3, 0.4) is 0 Å². The highest BCUT2D eigenvalue weighted by atomic mass is 79.9. The Kier molecular flexibility index (Phi) is 7.25. The Morgan fingerprint density at radius 3 is 2.17 bits per heavy atom. The molecule has 3 fully saturated rings. The van der Waals surface area contributed by atoms with Gasteiger partial charge in [0, 0.05) is 22.7 Å². The number of hydrogen-bond acceptors (Lipinski definition) is 6. The van der Waals surface area contributed by atoms with E-state index in [1.807, 2.05) is 60.7 Å². The van der Waals surface area contributed by atoms with Gasteiger partial charge in [0.1, 0.15) is 5.75 Å². The number of imide groups is 2. The number of nitrogens with zero attached hydrogens (tertiary/aromatic N) is 2. The first kappa shape index (κ1) is 31.1. The van der Waals surface area contributed by atoms with Crippen LogP contribution >= 0.6 is 39.1 Å². The summed E-state index contributed by atoms with van der Waals surface area (Å²) in [5.74, 6) is -5.01. The van der Waals surface area contributed by atoms with Crippen molar-refractivity contribution >= 4 is 90.6 Å². The number of amides is 4. The SMILES string of the molecule is O=C1[C@H]2[C@H](CC=C3[C@H]2C[C@@]2(Cl)C(=O)N(CBr)C(=O)[C@@]2(Cl)[C@H]3c2ccc(O)c3ccccc23)C(=O)N1c1ccc(Nc2ccccc2)cc1. The number of carbonyl (C=O) groups excluding carboxylic acids is 4. The monoisotopic (exact) mass is 743 g/mol. The van der Waals surface area contributed by atoms with Crippen LogP contribution < -0.4 is 10.2 Å². The largest absolute Gasteiger partial charge is 0.507 e. The minimum Gasteiger partial charge on any atom is -0.507 e. The Labute approximate surface area is 294 Å². The number of phenolic OH excluding ortho intramolecular Hbond substituents is 1. The van der Waals surface area contributed by atoms with E-state index in [0.717, 1.165) is 16.3 Å². The summed E-state index contributed by atoms with van der Waals surface area (Å²) in [6.45, 7) is 0. The Bertz CT molecular complexity index is 2070. The van der Waals surface area contributed by atoms with Gasteiger partial charge < -0.3 is 10.4 Å². The molecule has 1 saturated carbocycles. The van der Waals surface area contributed by atoms with E-state index in [-0.39, 0.29) is 35.9 Å². The minimum atomic E-state index is -1.93. The van der Waals surface area contributed by atoms with Crippen molar-refractivity contribution in [3.05, 3.63) is 108 Å². The molecule has 0 unspecified atom stereocenters. The molecule has 0 spiro atoms. The van der Waals surface area contributed by atoms with Gasteiger partial charge in [0.2, 0.25) is 11.8 Å². The minimum absolute atomic E-state index is 0.0493. The second-order valence-electron chi connectivity index (χ2n) is 12.8. The van der Waals surface area contributed by atoms with Gasteiger partial charge in [0.25, 0.3) is 11.8 Å². The van der Waals surface area contributed by atoms with Crippen LogP contribution in [0.2, 0.25) is 0 Å². The Morgan fingerprint density at radius 2 is 1.46 bits per heavy atom. The van der Waals surface area contributed by atoms with Gasteiger partial charge in [-0.2, -0.15) is 0 Å². The van der Waals surface area contributed by atoms with E-state index >= 15 is 0 Å². The van der Waals surface area contributed by atoms with Crippen molar-refractivity contribution in [2.24, 2.45) is 17.8 Å². The average Bonchev–Trinajstić information content (AvgIpc) is 3.43. The van der Waals surface area contributed by atoms with Gasteiger partial charge in [-0.25, -0.2) is 0 Å². The smallest absolute Gasteiger partial charge is 0.254 e. The summed E-state index contributed by atoms with van der Waals surface area (Å²) in [6.07, 6.45) is 2.07. The van der Waals surface area contributed by atoms with Gasteiger partial charge in [-0.05, 0) is 72.2 Å². The fraction of sp³-hybridized carbons (Fsp3) is 0.243. The summed E-state index contributed by atoms with van der Waals surface area (Å²) < 4.78 is 0. The second-order valence-corrected chi connectivity index (χ2v) is 14.5. The van der Waals surface area contributed by atoms with Crippen molar-refractivity contribution in [3.63, 3.8) is 0 Å². The molecule has 4 aromatic rings. The van der Waals surface area contributed by atoms with Crippen LogP contribution in [0.4, 0.5) is 17.1 Å². The van der Waals surface area contributed by atoms with Crippen LogP contribution in [-0.2, 0) is 19.2 Å². The molecule has 4 amide bonds. The molecule has 0 aromatic heterocycles. The quantitative estimate of drug-likeness (QED) is 0.0969. The topological polar surface area (TPSA) is 107 Å². The third-order valence-corrected chi connectivity index (χ3v) is 12.4. The number of para-hydroxylation sites is 1. The van der Waals surface area contributed by atoms with Crippen LogP contribution in [-0.4, -0.2) is 48.8 Å². The fourth-order valence-corrected chi connectivity index (χ4v) is 9.71. The van der Waals surface area contributed by atoms with Crippen LogP contribution in [0.1, 0.15) is 24.3 Å². The van der Waals surface area contributed by atoms with Gasteiger partial charge in [0.15, 0.2) is 9.75 Å². The number of fused-ring (bicyclic) bond motifs is 5. The number of aromatic hydroxyl groups is 1. The summed E-state index contributed by atoms with van der Waals surface area (Å²) >= 11 is 18.1. The molecule has 2 heterocycles. The van der Waals surface area contributed by atoms with Crippen molar-refractivity contribution in [3.8, 4) is 5.75 Å². The summed E-state index contributed by atoms with van der Waals surface area (Å²) in [4.78, 5) is 54.9. The molecule has 4 aromatic carbocycles. The van der Waals surface area contributed by atoms with Gasteiger partial charge in [-0.15, -0.1) is 23.2 Å². The summed E-state index contributed by atoms with van der Waals surface area (Å²) in [6, 6.07) is 27.2. The molecule has 2 N–H and O–H groups in total. The maximum Gasteiger partial charge on any atom is 0.254 e. The van der Waals surface area contributed by atoms with E-state index in [4.69, 9.17) is 23.2 Å². The first-order valence-corrected chi connectivity index (χ1v) is 17.5. The summed E-state index contributed by atoms with van der Waals surface area (Å²) in [7, 11) is 0. The Morgan fingerprint density at radius 1 is 0.792 bits per heavy atom. The van der Waals surface area contributed by atoms with Crippen LogP contribution in [0, 0.1) is 17.8 Å². The third kappa shape index (κ3) is 4.20. The zero-order valence-electron chi connectivity index (χ0n) is 25.3. The number of rotatable bonds is 5. The number of anilines is 3. The molecule has 2 saturated heterocycles. The van der Waals surface area contributed by atoms with Gasteiger partial charge >= 0.3 is 0 Å². The van der Waals surface area contributed by atoms with E-state index in [0.29, 0.717) is 27.6 Å².